The van der Waals surface area contributed by atoms with E-state index in [1.165, 1.54) is 7.11 Å². The number of likely N-dealkylation sites (tertiary alicyclic amines) is 1. The average molecular weight is 516 g/mol. The first-order valence-electron chi connectivity index (χ1n) is 12.4. The van der Waals surface area contributed by atoms with Gasteiger partial charge in [-0.1, -0.05) is 12.1 Å². The van der Waals surface area contributed by atoms with Crippen molar-refractivity contribution in [3.63, 3.8) is 0 Å². The molecule has 1 aliphatic rings. The number of nitrogens with zero attached hydrogens (tertiary/aromatic N) is 5. The second kappa shape index (κ2) is 9.77. The molecule has 1 amide bonds. The number of fused-ring (bicyclic) bond motifs is 1. The van der Waals surface area contributed by atoms with Gasteiger partial charge in [-0.05, 0) is 57.5 Å². The zero-order valence-electron chi connectivity index (χ0n) is 21.7. The summed E-state index contributed by atoms with van der Waals surface area (Å²) in [5, 5.41) is 0. The van der Waals surface area contributed by atoms with E-state index in [4.69, 9.17) is 9.47 Å². The fourth-order valence-corrected chi connectivity index (χ4v) is 4.70. The zero-order valence-corrected chi connectivity index (χ0v) is 21.7. The number of carbonyl (C=O) groups excluding carboxylic acids is 2. The van der Waals surface area contributed by atoms with Crippen LogP contribution in [0.3, 0.4) is 0 Å². The smallest absolute Gasteiger partial charge is 0.410 e. The van der Waals surface area contributed by atoms with Gasteiger partial charge in [-0.25, -0.2) is 14.4 Å². The lowest BCUT2D eigenvalue weighted by atomic mass is 10.1. The molecule has 10 nitrogen and oxygen atoms in total. The Bertz CT molecular complexity index is 1550. The molecular weight excluding hydrogens is 486 g/mol. The first-order valence-corrected chi connectivity index (χ1v) is 12.4. The van der Waals surface area contributed by atoms with E-state index >= 15 is 0 Å². The molecule has 1 fully saturated rings. The first-order chi connectivity index (χ1) is 18.2. The molecule has 10 heteroatoms. The van der Waals surface area contributed by atoms with Crippen molar-refractivity contribution in [2.24, 2.45) is 0 Å². The summed E-state index contributed by atoms with van der Waals surface area (Å²) in [6.07, 6.45) is 5.22. The fraction of sp³-hybridized carbons (Fsp3) is 0.321. The maximum atomic E-state index is 13.8. The van der Waals surface area contributed by atoms with Crippen molar-refractivity contribution < 1.29 is 19.1 Å². The van der Waals surface area contributed by atoms with E-state index in [0.717, 1.165) is 5.56 Å². The Labute approximate surface area is 219 Å². The van der Waals surface area contributed by atoms with E-state index in [-0.39, 0.29) is 17.8 Å². The topological polar surface area (TPSA) is 109 Å². The number of esters is 1. The average Bonchev–Trinajstić information content (AvgIpc) is 3.49. The van der Waals surface area contributed by atoms with Crippen molar-refractivity contribution in [1.29, 1.82) is 0 Å². The molecule has 38 heavy (non-hydrogen) atoms. The molecule has 1 atom stereocenters. The standard InChI is InChI=1S/C28H29N5O5/c1-28(2,3)38-27(36)31-14-12-21(17-31)33-24-16-29-13-11-23(24)32(26(33)35)20-9-10-22(30-15-20)18-5-7-19(8-6-18)25(34)37-4/h5-11,13,15-16,21H,12,14,17H2,1-4H3/t21-/m0/s1. The molecule has 0 radical (unpaired) electrons. The molecular formula is C28H29N5O5. The molecule has 0 spiro atoms. The molecule has 4 aromatic rings. The summed E-state index contributed by atoms with van der Waals surface area (Å²) in [6.45, 7) is 6.38. The highest BCUT2D eigenvalue weighted by Gasteiger charge is 2.33. The third kappa shape index (κ3) is 4.77. The van der Waals surface area contributed by atoms with Crippen molar-refractivity contribution in [1.82, 2.24) is 24.0 Å². The van der Waals surface area contributed by atoms with Crippen LogP contribution < -0.4 is 5.69 Å². The summed E-state index contributed by atoms with van der Waals surface area (Å²) in [6, 6.07) is 12.2. The van der Waals surface area contributed by atoms with Gasteiger partial charge >= 0.3 is 17.8 Å². The van der Waals surface area contributed by atoms with E-state index in [1.54, 1.807) is 63.0 Å². The van der Waals surface area contributed by atoms with Crippen LogP contribution in [0.5, 0.6) is 0 Å². The quantitative estimate of drug-likeness (QED) is 0.375. The van der Waals surface area contributed by atoms with Gasteiger partial charge in [0.15, 0.2) is 0 Å². The molecule has 3 aromatic heterocycles. The summed E-state index contributed by atoms with van der Waals surface area (Å²) in [5.41, 5.74) is 3.19. The van der Waals surface area contributed by atoms with Gasteiger partial charge in [0.25, 0.3) is 0 Å². The molecule has 4 heterocycles. The second-order valence-electron chi connectivity index (χ2n) is 10.2. The lowest BCUT2D eigenvalue weighted by Crippen LogP contribution is -2.36. The number of ether oxygens (including phenoxy) is 2. The highest BCUT2D eigenvalue weighted by atomic mass is 16.6. The van der Waals surface area contributed by atoms with Gasteiger partial charge in [-0.15, -0.1) is 0 Å². The molecule has 0 aliphatic carbocycles. The number of hydrogen-bond acceptors (Lipinski definition) is 7. The van der Waals surface area contributed by atoms with Crippen LogP contribution in [-0.4, -0.2) is 61.9 Å². The van der Waals surface area contributed by atoms with Crippen LogP contribution in [-0.2, 0) is 9.47 Å². The van der Waals surface area contributed by atoms with Crippen molar-refractivity contribution in [3.8, 4) is 16.9 Å². The largest absolute Gasteiger partial charge is 0.465 e. The van der Waals surface area contributed by atoms with Crippen molar-refractivity contribution in [2.45, 2.75) is 38.8 Å². The lowest BCUT2D eigenvalue weighted by molar-refractivity contribution is 0.0288. The second-order valence-corrected chi connectivity index (χ2v) is 10.2. The lowest BCUT2D eigenvalue weighted by Gasteiger charge is -2.24. The van der Waals surface area contributed by atoms with Gasteiger partial charge in [-0.3, -0.25) is 19.1 Å². The van der Waals surface area contributed by atoms with Gasteiger partial charge in [-0.2, -0.15) is 0 Å². The predicted molar refractivity (Wildman–Crippen MR) is 141 cm³/mol. The summed E-state index contributed by atoms with van der Waals surface area (Å²) in [7, 11) is 1.34. The molecule has 1 aromatic carbocycles. The van der Waals surface area contributed by atoms with Crippen molar-refractivity contribution >= 4 is 23.1 Å². The minimum absolute atomic E-state index is 0.205. The highest BCUT2D eigenvalue weighted by Crippen LogP contribution is 2.27. The fourth-order valence-electron chi connectivity index (χ4n) is 4.70. The van der Waals surface area contributed by atoms with Gasteiger partial charge in [0.05, 0.1) is 53.5 Å². The number of imidazole rings is 1. The van der Waals surface area contributed by atoms with Crippen LogP contribution in [0.1, 0.15) is 43.6 Å². The first kappa shape index (κ1) is 25.2. The highest BCUT2D eigenvalue weighted by molar-refractivity contribution is 5.89. The monoisotopic (exact) mass is 515 g/mol. The van der Waals surface area contributed by atoms with Crippen LogP contribution in [0.15, 0.2) is 65.8 Å². The molecule has 0 bridgehead atoms. The van der Waals surface area contributed by atoms with Crippen LogP contribution in [0.4, 0.5) is 4.79 Å². The van der Waals surface area contributed by atoms with Crippen LogP contribution in [0, 0.1) is 0 Å². The molecule has 1 aliphatic heterocycles. The Balaban J connectivity index is 1.45. The van der Waals surface area contributed by atoms with Gasteiger partial charge < -0.3 is 14.4 Å². The minimum atomic E-state index is -0.589. The third-order valence-corrected chi connectivity index (χ3v) is 6.46. The number of methoxy groups -OCH3 is 1. The Morgan fingerprint density at radius 1 is 1.00 bits per heavy atom. The van der Waals surface area contributed by atoms with Crippen LogP contribution in [0.2, 0.25) is 0 Å². The predicted octanol–water partition coefficient (Wildman–Crippen LogP) is 4.22. The number of carbonyl (C=O) groups is 2. The Morgan fingerprint density at radius 2 is 1.76 bits per heavy atom. The van der Waals surface area contributed by atoms with E-state index in [9.17, 15) is 14.4 Å². The van der Waals surface area contributed by atoms with Gasteiger partial charge in [0, 0.05) is 24.8 Å². The summed E-state index contributed by atoms with van der Waals surface area (Å²) in [4.78, 5) is 48.5. The summed E-state index contributed by atoms with van der Waals surface area (Å²) >= 11 is 0. The molecule has 1 saturated heterocycles. The van der Waals surface area contributed by atoms with E-state index in [2.05, 4.69) is 9.97 Å². The maximum absolute atomic E-state index is 13.8. The number of hydrogen-bond donors (Lipinski definition) is 0. The maximum Gasteiger partial charge on any atom is 0.410 e. The van der Waals surface area contributed by atoms with Crippen LogP contribution in [0.25, 0.3) is 28.0 Å². The van der Waals surface area contributed by atoms with Crippen molar-refractivity contribution in [2.75, 3.05) is 20.2 Å². The molecule has 0 unspecified atom stereocenters. The van der Waals surface area contributed by atoms with Gasteiger partial charge in [0.1, 0.15) is 5.60 Å². The SMILES string of the molecule is COC(=O)c1ccc(-c2ccc(-n3c(=O)n([C@H]4CCN(C(=O)OC(C)(C)C)C4)c4cnccc43)cn2)cc1. The number of benzene rings is 1. The van der Waals surface area contributed by atoms with Crippen molar-refractivity contribution in [3.05, 3.63) is 77.1 Å². The summed E-state index contributed by atoms with van der Waals surface area (Å²) in [5.74, 6) is -0.401. The number of aromatic nitrogens is 4. The zero-order chi connectivity index (χ0) is 27.0. The third-order valence-electron chi connectivity index (χ3n) is 6.46. The van der Waals surface area contributed by atoms with E-state index < -0.39 is 11.6 Å². The summed E-state index contributed by atoms with van der Waals surface area (Å²) < 4.78 is 13.6. The number of pyridine rings is 2. The normalized spacial score (nSPS) is 15.6. The Morgan fingerprint density at radius 3 is 2.42 bits per heavy atom. The van der Waals surface area contributed by atoms with E-state index in [1.807, 2.05) is 32.9 Å². The minimum Gasteiger partial charge on any atom is -0.465 e. The molecule has 0 saturated carbocycles. The Hall–Kier alpha value is -4.47. The Kier molecular flexibility index (Phi) is 6.48. The van der Waals surface area contributed by atoms with Gasteiger partial charge in [0.2, 0.25) is 0 Å². The molecule has 196 valence electrons. The molecule has 5 rings (SSSR count). The van der Waals surface area contributed by atoms with Crippen LogP contribution >= 0.6 is 0 Å². The number of rotatable bonds is 4. The molecule has 0 N–H and O–H groups in total. The van der Waals surface area contributed by atoms with E-state index in [0.29, 0.717) is 47.5 Å². The number of amides is 1.